The molecule has 0 bridgehead atoms. The molecule has 1 aromatic carbocycles. The van der Waals surface area contributed by atoms with E-state index in [9.17, 15) is 9.59 Å². The average Bonchev–Trinajstić information content (AvgIpc) is 2.91. The van der Waals surface area contributed by atoms with Crippen LogP contribution in [0.25, 0.3) is 0 Å². The molecule has 19 heavy (non-hydrogen) atoms. The molecule has 0 fully saturated rings. The number of carboxylic acids is 1. The highest BCUT2D eigenvalue weighted by Gasteiger charge is 2.11. The molecule has 0 spiro atoms. The fourth-order valence-electron chi connectivity index (χ4n) is 1.42. The number of anilines is 1. The molecular formula is C13H11NO5. The van der Waals surface area contributed by atoms with Gasteiger partial charge in [-0.2, -0.15) is 0 Å². The van der Waals surface area contributed by atoms with E-state index in [0.29, 0.717) is 17.0 Å². The lowest BCUT2D eigenvalue weighted by Gasteiger charge is -2.10. The van der Waals surface area contributed by atoms with Crippen LogP contribution in [0.2, 0.25) is 0 Å². The van der Waals surface area contributed by atoms with Gasteiger partial charge in [-0.3, -0.25) is 4.79 Å². The van der Waals surface area contributed by atoms with E-state index in [1.807, 2.05) is 0 Å². The van der Waals surface area contributed by atoms with Crippen LogP contribution in [0, 0.1) is 0 Å². The van der Waals surface area contributed by atoms with Gasteiger partial charge in [-0.25, -0.2) is 4.79 Å². The summed E-state index contributed by atoms with van der Waals surface area (Å²) in [5.74, 6) is -1.15. The summed E-state index contributed by atoms with van der Waals surface area (Å²) in [6, 6.07) is 8.11. The summed E-state index contributed by atoms with van der Waals surface area (Å²) in [4.78, 5) is 22.3. The lowest BCUT2D eigenvalue weighted by Crippen LogP contribution is -2.14. The van der Waals surface area contributed by atoms with Gasteiger partial charge in [0.2, 0.25) is 0 Å². The molecule has 1 heterocycles. The van der Waals surface area contributed by atoms with E-state index in [-0.39, 0.29) is 5.91 Å². The first-order valence-electron chi connectivity index (χ1n) is 5.44. The molecule has 0 atom stereocenters. The predicted molar refractivity (Wildman–Crippen MR) is 66.2 cm³/mol. The van der Waals surface area contributed by atoms with E-state index in [1.165, 1.54) is 18.6 Å². The molecule has 6 nitrogen and oxygen atoms in total. The van der Waals surface area contributed by atoms with Gasteiger partial charge in [-0.15, -0.1) is 0 Å². The van der Waals surface area contributed by atoms with Gasteiger partial charge in [0.05, 0.1) is 17.5 Å². The van der Waals surface area contributed by atoms with E-state index < -0.39 is 12.6 Å². The third kappa shape index (κ3) is 3.35. The molecule has 1 amide bonds. The number of benzene rings is 1. The lowest BCUT2D eigenvalue weighted by atomic mass is 10.2. The van der Waals surface area contributed by atoms with Crippen molar-refractivity contribution in [2.45, 2.75) is 0 Å². The fourth-order valence-corrected chi connectivity index (χ4v) is 1.42. The average molecular weight is 261 g/mol. The van der Waals surface area contributed by atoms with Gasteiger partial charge < -0.3 is 19.6 Å². The number of ether oxygens (including phenoxy) is 1. The fraction of sp³-hybridized carbons (Fsp3) is 0.0769. The van der Waals surface area contributed by atoms with Crippen molar-refractivity contribution in [3.05, 3.63) is 48.4 Å². The van der Waals surface area contributed by atoms with Gasteiger partial charge in [0, 0.05) is 0 Å². The largest absolute Gasteiger partial charge is 0.480 e. The van der Waals surface area contributed by atoms with Gasteiger partial charge >= 0.3 is 5.97 Å². The number of nitrogens with one attached hydrogen (secondary N) is 1. The van der Waals surface area contributed by atoms with Crippen molar-refractivity contribution in [2.24, 2.45) is 0 Å². The van der Waals surface area contributed by atoms with Crippen LogP contribution in [-0.4, -0.2) is 23.6 Å². The number of furan rings is 1. The molecule has 0 radical (unpaired) electrons. The Balaban J connectivity index is 2.11. The molecule has 2 rings (SSSR count). The first-order valence-corrected chi connectivity index (χ1v) is 5.44. The quantitative estimate of drug-likeness (QED) is 0.859. The van der Waals surface area contributed by atoms with Crippen LogP contribution >= 0.6 is 0 Å². The van der Waals surface area contributed by atoms with Crippen LogP contribution in [0.1, 0.15) is 10.4 Å². The first kappa shape index (κ1) is 12.7. The molecule has 0 aliphatic carbocycles. The van der Waals surface area contributed by atoms with E-state index in [2.05, 4.69) is 5.32 Å². The monoisotopic (exact) mass is 261 g/mol. The summed E-state index contributed by atoms with van der Waals surface area (Å²) >= 11 is 0. The summed E-state index contributed by atoms with van der Waals surface area (Å²) < 4.78 is 9.89. The Hall–Kier alpha value is -2.76. The van der Waals surface area contributed by atoms with Gasteiger partial charge in [-0.1, -0.05) is 12.1 Å². The minimum absolute atomic E-state index is 0.293. The Labute approximate surface area is 108 Å². The number of rotatable bonds is 5. The molecule has 0 aliphatic rings. The lowest BCUT2D eigenvalue weighted by molar-refractivity contribution is -0.139. The molecule has 0 saturated heterocycles. The maximum Gasteiger partial charge on any atom is 0.341 e. The van der Waals surface area contributed by atoms with Crippen LogP contribution in [0.5, 0.6) is 5.75 Å². The number of para-hydroxylation sites is 2. The van der Waals surface area contributed by atoms with E-state index >= 15 is 0 Å². The topological polar surface area (TPSA) is 88.8 Å². The number of hydrogen-bond donors (Lipinski definition) is 2. The number of carboxylic acid groups (broad SMARTS) is 1. The molecule has 6 heteroatoms. The molecule has 0 aliphatic heterocycles. The van der Waals surface area contributed by atoms with Gasteiger partial charge in [-0.05, 0) is 18.2 Å². The first-order chi connectivity index (χ1) is 9.16. The van der Waals surface area contributed by atoms with Gasteiger partial charge in [0.15, 0.2) is 6.61 Å². The number of carbonyl (C=O) groups is 2. The van der Waals surface area contributed by atoms with Gasteiger partial charge in [0.25, 0.3) is 5.91 Å². The summed E-state index contributed by atoms with van der Waals surface area (Å²) in [7, 11) is 0. The van der Waals surface area contributed by atoms with Gasteiger partial charge in [0.1, 0.15) is 12.0 Å². The number of carbonyl (C=O) groups excluding carboxylic acids is 1. The summed E-state index contributed by atoms with van der Waals surface area (Å²) in [6.45, 7) is -0.474. The summed E-state index contributed by atoms with van der Waals surface area (Å²) in [5, 5.41) is 11.2. The minimum atomic E-state index is -1.09. The third-order valence-electron chi connectivity index (χ3n) is 2.27. The summed E-state index contributed by atoms with van der Waals surface area (Å²) in [6.07, 6.45) is 2.71. The number of amides is 1. The second-order valence-corrected chi connectivity index (χ2v) is 3.64. The highest BCUT2D eigenvalue weighted by molar-refractivity contribution is 6.04. The maximum atomic E-state index is 11.8. The highest BCUT2D eigenvalue weighted by Crippen LogP contribution is 2.24. The van der Waals surface area contributed by atoms with E-state index in [4.69, 9.17) is 14.3 Å². The number of hydrogen-bond acceptors (Lipinski definition) is 4. The highest BCUT2D eigenvalue weighted by atomic mass is 16.5. The molecular weight excluding hydrogens is 250 g/mol. The van der Waals surface area contributed by atoms with Crippen LogP contribution in [0.15, 0.2) is 47.3 Å². The van der Waals surface area contributed by atoms with Crippen molar-refractivity contribution < 1.29 is 23.8 Å². The second-order valence-electron chi connectivity index (χ2n) is 3.64. The maximum absolute atomic E-state index is 11.8. The Morgan fingerprint density at radius 2 is 2.05 bits per heavy atom. The second kappa shape index (κ2) is 5.72. The molecule has 0 unspecified atom stereocenters. The van der Waals surface area contributed by atoms with E-state index in [0.717, 1.165) is 0 Å². The zero-order valence-corrected chi connectivity index (χ0v) is 9.83. The van der Waals surface area contributed by atoms with Crippen molar-refractivity contribution >= 4 is 17.6 Å². The Morgan fingerprint density at radius 3 is 2.74 bits per heavy atom. The molecule has 98 valence electrons. The Bertz CT molecular complexity index is 576. The molecule has 0 saturated carbocycles. The normalized spacial score (nSPS) is 9.89. The SMILES string of the molecule is O=C(O)COc1ccccc1NC(=O)c1ccoc1. The van der Waals surface area contributed by atoms with Crippen molar-refractivity contribution in [2.75, 3.05) is 11.9 Å². The van der Waals surface area contributed by atoms with Crippen LogP contribution < -0.4 is 10.1 Å². The van der Waals surface area contributed by atoms with Crippen molar-refractivity contribution in [3.63, 3.8) is 0 Å². The van der Waals surface area contributed by atoms with Crippen molar-refractivity contribution in [3.8, 4) is 5.75 Å². The number of aliphatic carboxylic acids is 1. The minimum Gasteiger partial charge on any atom is -0.480 e. The Kier molecular flexibility index (Phi) is 3.82. The predicted octanol–water partition coefficient (Wildman–Crippen LogP) is 2.00. The standard InChI is InChI=1S/C13H11NO5/c15-12(16)8-19-11-4-2-1-3-10(11)14-13(17)9-5-6-18-7-9/h1-7H,8H2,(H,14,17)(H,15,16). The van der Waals surface area contributed by atoms with Crippen molar-refractivity contribution in [1.82, 2.24) is 0 Å². The third-order valence-corrected chi connectivity index (χ3v) is 2.27. The van der Waals surface area contributed by atoms with Crippen LogP contribution in [-0.2, 0) is 4.79 Å². The van der Waals surface area contributed by atoms with Crippen LogP contribution in [0.3, 0.4) is 0 Å². The molecule has 1 aromatic heterocycles. The zero-order chi connectivity index (χ0) is 13.7. The Morgan fingerprint density at radius 1 is 1.26 bits per heavy atom. The van der Waals surface area contributed by atoms with Crippen LogP contribution in [0.4, 0.5) is 5.69 Å². The molecule has 2 N–H and O–H groups in total. The molecule has 2 aromatic rings. The van der Waals surface area contributed by atoms with E-state index in [1.54, 1.807) is 24.3 Å². The zero-order valence-electron chi connectivity index (χ0n) is 9.83. The van der Waals surface area contributed by atoms with Crippen molar-refractivity contribution in [1.29, 1.82) is 0 Å². The summed E-state index contributed by atoms with van der Waals surface area (Å²) in [5.41, 5.74) is 0.767. The smallest absolute Gasteiger partial charge is 0.341 e.